The number of thiocarbonyl (C=S) groups is 1. The average molecular weight is 370 g/mol. The zero-order valence-electron chi connectivity index (χ0n) is 14.8. The Kier molecular flexibility index (Phi) is 3.80. The van der Waals surface area contributed by atoms with Crippen molar-refractivity contribution in [1.29, 1.82) is 5.26 Å². The van der Waals surface area contributed by atoms with E-state index in [9.17, 15) is 0 Å². The van der Waals surface area contributed by atoms with Gasteiger partial charge in [0, 0.05) is 31.0 Å². The van der Waals surface area contributed by atoms with Crippen molar-refractivity contribution < 1.29 is 0 Å². The van der Waals surface area contributed by atoms with Crippen LogP contribution < -0.4 is 4.90 Å². The third-order valence-electron chi connectivity index (χ3n) is 5.57. The average Bonchev–Trinajstić information content (AvgIpc) is 3.37. The summed E-state index contributed by atoms with van der Waals surface area (Å²) in [6.07, 6.45) is 8.69. The number of hydrogen-bond donors (Lipinski definition) is 0. The van der Waals surface area contributed by atoms with Crippen LogP contribution in [-0.4, -0.2) is 21.1 Å². The molecule has 0 spiro atoms. The fraction of sp³-hybridized carbons (Fsp3) is 0.227. The van der Waals surface area contributed by atoms with Crippen LogP contribution in [0.5, 0.6) is 0 Å². The van der Waals surface area contributed by atoms with Gasteiger partial charge in [0.05, 0.1) is 29.0 Å². The van der Waals surface area contributed by atoms with Gasteiger partial charge in [-0.25, -0.2) is 4.98 Å². The summed E-state index contributed by atoms with van der Waals surface area (Å²) >= 11 is 5.57. The summed E-state index contributed by atoms with van der Waals surface area (Å²) < 4.78 is 2.13. The van der Waals surface area contributed by atoms with E-state index in [0.717, 1.165) is 36.4 Å². The highest BCUT2D eigenvalue weighted by Gasteiger charge is 2.30. The van der Waals surface area contributed by atoms with Gasteiger partial charge in [-0.3, -0.25) is 0 Å². The number of benzene rings is 2. The molecule has 1 aromatic heterocycles. The second-order valence-electron chi connectivity index (χ2n) is 7.13. The maximum atomic E-state index is 9.11. The smallest absolute Gasteiger partial charge is 0.0991 e. The molecule has 2 aromatic carbocycles. The molecule has 0 amide bonds. The Morgan fingerprint density at radius 2 is 1.81 bits per heavy atom. The Morgan fingerprint density at radius 3 is 2.52 bits per heavy atom. The second kappa shape index (κ2) is 6.33. The molecule has 0 fully saturated rings. The molecule has 0 saturated heterocycles. The predicted molar refractivity (Wildman–Crippen MR) is 109 cm³/mol. The molecule has 1 unspecified atom stereocenters. The summed E-state index contributed by atoms with van der Waals surface area (Å²) in [5.41, 5.74) is 7.23. The summed E-state index contributed by atoms with van der Waals surface area (Å²) in [4.78, 5) is 7.66. The van der Waals surface area contributed by atoms with Crippen molar-refractivity contribution in [2.24, 2.45) is 0 Å². The fourth-order valence-corrected chi connectivity index (χ4v) is 4.63. The molecule has 0 aliphatic carbocycles. The van der Waals surface area contributed by atoms with Crippen molar-refractivity contribution in [3.8, 4) is 6.07 Å². The van der Waals surface area contributed by atoms with E-state index in [1.165, 1.54) is 22.4 Å². The molecule has 132 valence electrons. The van der Waals surface area contributed by atoms with E-state index in [2.05, 4.69) is 32.7 Å². The zero-order valence-corrected chi connectivity index (χ0v) is 15.6. The van der Waals surface area contributed by atoms with Crippen molar-refractivity contribution in [3.05, 3.63) is 82.9 Å². The Hall–Kier alpha value is -2.97. The lowest BCUT2D eigenvalue weighted by Gasteiger charge is -2.29. The van der Waals surface area contributed by atoms with Crippen molar-refractivity contribution in [2.45, 2.75) is 25.3 Å². The lowest BCUT2D eigenvalue weighted by Crippen LogP contribution is -2.31. The molecule has 27 heavy (non-hydrogen) atoms. The summed E-state index contributed by atoms with van der Waals surface area (Å²) in [5, 5.41) is 9.11. The van der Waals surface area contributed by atoms with Gasteiger partial charge in [-0.2, -0.15) is 5.26 Å². The molecule has 0 bridgehead atoms. The van der Waals surface area contributed by atoms with E-state index in [-0.39, 0.29) is 6.04 Å². The molecule has 0 saturated carbocycles. The van der Waals surface area contributed by atoms with E-state index in [1.54, 1.807) is 0 Å². The minimum atomic E-state index is 0.0460. The van der Waals surface area contributed by atoms with Crippen LogP contribution in [0, 0.1) is 11.3 Å². The van der Waals surface area contributed by atoms with Gasteiger partial charge in [0.2, 0.25) is 0 Å². The van der Waals surface area contributed by atoms with Crippen molar-refractivity contribution in [3.63, 3.8) is 0 Å². The lowest BCUT2D eigenvalue weighted by atomic mass is 9.91. The maximum absolute atomic E-state index is 9.11. The number of anilines is 1. The molecule has 0 radical (unpaired) electrons. The fourth-order valence-electron chi connectivity index (χ4n) is 4.34. The summed E-state index contributed by atoms with van der Waals surface area (Å²) in [5.74, 6) is 0. The summed E-state index contributed by atoms with van der Waals surface area (Å²) in [6.45, 7) is 0.997. The summed E-state index contributed by atoms with van der Waals surface area (Å²) in [7, 11) is 0. The number of hydrogen-bond acceptors (Lipinski definition) is 3. The molecular weight excluding hydrogens is 352 g/mol. The van der Waals surface area contributed by atoms with Gasteiger partial charge in [-0.15, -0.1) is 0 Å². The van der Waals surface area contributed by atoms with E-state index >= 15 is 0 Å². The third kappa shape index (κ3) is 2.65. The van der Waals surface area contributed by atoms with E-state index in [4.69, 9.17) is 17.5 Å². The van der Waals surface area contributed by atoms with E-state index in [1.807, 2.05) is 43.0 Å². The first kappa shape index (κ1) is 16.2. The molecule has 1 atom stereocenters. The molecular formula is C22H18N4S. The molecule has 2 aliphatic heterocycles. The van der Waals surface area contributed by atoms with Crippen LogP contribution in [0.1, 0.15) is 40.3 Å². The first-order valence-corrected chi connectivity index (χ1v) is 9.59. The third-order valence-corrected chi connectivity index (χ3v) is 5.99. The van der Waals surface area contributed by atoms with Crippen LogP contribution in [0.15, 0.2) is 55.1 Å². The van der Waals surface area contributed by atoms with Crippen LogP contribution in [0.4, 0.5) is 5.69 Å². The Bertz CT molecular complexity index is 1060. The number of nitrogens with zero attached hydrogens (tertiary/aromatic N) is 4. The predicted octanol–water partition coefficient (Wildman–Crippen LogP) is 4.03. The minimum absolute atomic E-state index is 0.0460. The monoisotopic (exact) mass is 370 g/mol. The summed E-state index contributed by atoms with van der Waals surface area (Å²) in [6, 6.07) is 14.8. The molecule has 5 heteroatoms. The van der Waals surface area contributed by atoms with Gasteiger partial charge in [-0.1, -0.05) is 36.5 Å². The quantitative estimate of drug-likeness (QED) is 0.653. The maximum Gasteiger partial charge on any atom is 0.0991 e. The van der Waals surface area contributed by atoms with Gasteiger partial charge >= 0.3 is 0 Å². The highest BCUT2D eigenvalue weighted by Crippen LogP contribution is 2.40. The molecule has 4 nitrogen and oxygen atoms in total. The highest BCUT2D eigenvalue weighted by atomic mass is 32.1. The number of rotatable bonds is 3. The van der Waals surface area contributed by atoms with Crippen LogP contribution in [-0.2, 0) is 12.8 Å². The lowest BCUT2D eigenvalue weighted by molar-refractivity contribution is 0.675. The Morgan fingerprint density at radius 1 is 1.04 bits per heavy atom. The topological polar surface area (TPSA) is 44.9 Å². The van der Waals surface area contributed by atoms with E-state index in [0.29, 0.717) is 5.56 Å². The van der Waals surface area contributed by atoms with Gasteiger partial charge in [-0.05, 0) is 47.2 Å². The van der Waals surface area contributed by atoms with Crippen LogP contribution in [0.3, 0.4) is 0 Å². The number of nitriles is 1. The van der Waals surface area contributed by atoms with Gasteiger partial charge in [0.15, 0.2) is 0 Å². The number of aryl methyl sites for hydroxylation is 1. The van der Waals surface area contributed by atoms with E-state index < -0.39 is 0 Å². The SMILES string of the molecule is N#Cc1ccc(C(c2cc3c4c(c2)CCN4C(=S)CC3)n2ccnc2)cc1. The molecule has 2 aliphatic rings. The number of imidazole rings is 1. The standard InChI is InChI=1S/C22H18N4S/c23-13-15-1-3-16(4-2-15)21(25-10-8-24-14-25)19-11-17-5-6-20(27)26-9-7-18(12-19)22(17)26/h1-4,8,10-12,14,21H,5-7,9H2. The van der Waals surface area contributed by atoms with Crippen LogP contribution in [0.25, 0.3) is 0 Å². The highest BCUT2D eigenvalue weighted by molar-refractivity contribution is 7.80. The van der Waals surface area contributed by atoms with Crippen molar-refractivity contribution >= 4 is 22.9 Å². The van der Waals surface area contributed by atoms with Gasteiger partial charge < -0.3 is 9.47 Å². The number of aromatic nitrogens is 2. The van der Waals surface area contributed by atoms with Gasteiger partial charge in [0.1, 0.15) is 0 Å². The normalized spacial score (nSPS) is 16.1. The first-order valence-electron chi connectivity index (χ1n) is 9.18. The first-order chi connectivity index (χ1) is 13.2. The Balaban J connectivity index is 1.65. The van der Waals surface area contributed by atoms with Gasteiger partial charge in [0.25, 0.3) is 0 Å². The molecule has 3 aromatic rings. The van der Waals surface area contributed by atoms with Crippen LogP contribution in [0.2, 0.25) is 0 Å². The molecule has 3 heterocycles. The van der Waals surface area contributed by atoms with Crippen molar-refractivity contribution in [1.82, 2.24) is 9.55 Å². The molecule has 0 N–H and O–H groups in total. The largest absolute Gasteiger partial charge is 0.335 e. The zero-order chi connectivity index (χ0) is 18.4. The van der Waals surface area contributed by atoms with Crippen LogP contribution >= 0.6 is 12.2 Å². The van der Waals surface area contributed by atoms with Crippen molar-refractivity contribution in [2.75, 3.05) is 11.4 Å². The second-order valence-corrected chi connectivity index (χ2v) is 7.60. The molecule has 5 rings (SSSR count). The Labute approximate surface area is 163 Å². The minimum Gasteiger partial charge on any atom is -0.335 e.